The quantitative estimate of drug-likeness (QED) is 0.804. The van der Waals surface area contributed by atoms with E-state index in [1.165, 1.54) is 12.8 Å². The Kier molecular flexibility index (Phi) is 6.01. The third-order valence-electron chi connectivity index (χ3n) is 4.84. The van der Waals surface area contributed by atoms with Crippen LogP contribution in [-0.4, -0.2) is 48.6 Å². The van der Waals surface area contributed by atoms with Gasteiger partial charge in [0.1, 0.15) is 5.54 Å². The molecule has 2 rings (SSSR count). The van der Waals surface area contributed by atoms with E-state index in [4.69, 9.17) is 0 Å². The predicted molar refractivity (Wildman–Crippen MR) is 82.7 cm³/mol. The van der Waals surface area contributed by atoms with Crippen molar-refractivity contribution in [2.75, 3.05) is 26.2 Å². The van der Waals surface area contributed by atoms with Crippen LogP contribution in [0.25, 0.3) is 0 Å². The van der Waals surface area contributed by atoms with Crippen molar-refractivity contribution >= 4 is 5.91 Å². The third-order valence-corrected chi connectivity index (χ3v) is 4.84. The van der Waals surface area contributed by atoms with E-state index in [0.29, 0.717) is 12.6 Å². The maximum absolute atomic E-state index is 12.4. The van der Waals surface area contributed by atoms with Crippen LogP contribution in [0.5, 0.6) is 0 Å². The summed E-state index contributed by atoms with van der Waals surface area (Å²) in [6.45, 7) is 5.43. The Bertz CT molecular complexity index is 378. The zero-order chi connectivity index (χ0) is 15.1. The maximum Gasteiger partial charge on any atom is 0.235 e. The fraction of sp³-hybridized carbons (Fsp3) is 0.875. The summed E-state index contributed by atoms with van der Waals surface area (Å²) in [4.78, 5) is 14.6. The van der Waals surface area contributed by atoms with Crippen LogP contribution in [0, 0.1) is 11.3 Å². The first-order chi connectivity index (χ1) is 10.2. The lowest BCUT2D eigenvalue weighted by molar-refractivity contribution is -0.124. The van der Waals surface area contributed by atoms with Crippen molar-refractivity contribution in [1.29, 1.82) is 5.26 Å². The molecule has 1 saturated carbocycles. The molecule has 5 heteroatoms. The van der Waals surface area contributed by atoms with Gasteiger partial charge < -0.3 is 10.6 Å². The standard InChI is InChI=1S/C16H28N4O/c1-2-20(14-7-6-10-18-11-14)12-15(21)19-16(13-17)8-4-3-5-9-16/h14,18H,2-12H2,1H3,(H,19,21). The van der Waals surface area contributed by atoms with Gasteiger partial charge in [0.05, 0.1) is 12.6 Å². The van der Waals surface area contributed by atoms with E-state index in [9.17, 15) is 10.1 Å². The number of nitrogens with one attached hydrogen (secondary N) is 2. The van der Waals surface area contributed by atoms with Gasteiger partial charge in [-0.25, -0.2) is 0 Å². The molecule has 21 heavy (non-hydrogen) atoms. The molecule has 2 fully saturated rings. The molecule has 0 radical (unpaired) electrons. The van der Waals surface area contributed by atoms with Crippen LogP contribution in [0.1, 0.15) is 51.9 Å². The fourth-order valence-electron chi connectivity index (χ4n) is 3.56. The van der Waals surface area contributed by atoms with Gasteiger partial charge in [-0.15, -0.1) is 0 Å². The fourth-order valence-corrected chi connectivity index (χ4v) is 3.56. The van der Waals surface area contributed by atoms with Crippen LogP contribution in [0.4, 0.5) is 0 Å². The Morgan fingerprint density at radius 2 is 2.14 bits per heavy atom. The molecule has 2 N–H and O–H groups in total. The molecule has 1 atom stereocenters. The summed E-state index contributed by atoms with van der Waals surface area (Å²) >= 11 is 0. The van der Waals surface area contributed by atoms with Crippen LogP contribution < -0.4 is 10.6 Å². The van der Waals surface area contributed by atoms with E-state index in [-0.39, 0.29) is 5.91 Å². The van der Waals surface area contributed by atoms with Gasteiger partial charge in [-0.2, -0.15) is 5.26 Å². The lowest BCUT2D eigenvalue weighted by atomic mass is 9.83. The van der Waals surface area contributed by atoms with Gasteiger partial charge in [0, 0.05) is 12.6 Å². The van der Waals surface area contributed by atoms with Gasteiger partial charge in [0.2, 0.25) is 5.91 Å². The van der Waals surface area contributed by atoms with Crippen LogP contribution in [0.3, 0.4) is 0 Å². The first-order valence-electron chi connectivity index (χ1n) is 8.36. The van der Waals surface area contributed by atoms with E-state index < -0.39 is 5.54 Å². The van der Waals surface area contributed by atoms with Crippen molar-refractivity contribution in [2.45, 2.75) is 63.5 Å². The van der Waals surface area contributed by atoms with E-state index in [2.05, 4.69) is 28.5 Å². The van der Waals surface area contributed by atoms with Gasteiger partial charge >= 0.3 is 0 Å². The normalized spacial score (nSPS) is 25.3. The predicted octanol–water partition coefficient (Wildman–Crippen LogP) is 1.40. The maximum atomic E-state index is 12.4. The zero-order valence-electron chi connectivity index (χ0n) is 13.2. The SMILES string of the molecule is CCN(CC(=O)NC1(C#N)CCCCC1)C1CCCNC1. The van der Waals surface area contributed by atoms with Gasteiger partial charge in [-0.3, -0.25) is 9.69 Å². The van der Waals surface area contributed by atoms with Crippen LogP contribution in [0.15, 0.2) is 0 Å². The molecule has 1 aliphatic heterocycles. The summed E-state index contributed by atoms with van der Waals surface area (Å²) < 4.78 is 0. The molecule has 118 valence electrons. The topological polar surface area (TPSA) is 68.2 Å². The minimum absolute atomic E-state index is 0.00544. The Hall–Kier alpha value is -1.12. The molecule has 2 aliphatic rings. The molecular weight excluding hydrogens is 264 g/mol. The van der Waals surface area contributed by atoms with Crippen molar-refractivity contribution in [3.05, 3.63) is 0 Å². The van der Waals surface area contributed by atoms with Crippen molar-refractivity contribution in [1.82, 2.24) is 15.5 Å². The highest BCUT2D eigenvalue weighted by Crippen LogP contribution is 2.27. The van der Waals surface area contributed by atoms with Crippen molar-refractivity contribution in [2.24, 2.45) is 0 Å². The largest absolute Gasteiger partial charge is 0.337 e. The minimum atomic E-state index is -0.612. The van der Waals surface area contributed by atoms with Crippen LogP contribution in [0.2, 0.25) is 0 Å². The Morgan fingerprint density at radius 1 is 1.38 bits per heavy atom. The van der Waals surface area contributed by atoms with Gasteiger partial charge in [0.15, 0.2) is 0 Å². The summed E-state index contributed by atoms with van der Waals surface area (Å²) in [6, 6.07) is 2.80. The van der Waals surface area contributed by atoms with Gasteiger partial charge in [-0.1, -0.05) is 26.2 Å². The highest BCUT2D eigenvalue weighted by atomic mass is 16.2. The molecule has 0 aromatic rings. The van der Waals surface area contributed by atoms with E-state index in [0.717, 1.165) is 51.7 Å². The lowest BCUT2D eigenvalue weighted by Crippen LogP contribution is -2.54. The Balaban J connectivity index is 1.88. The summed E-state index contributed by atoms with van der Waals surface area (Å²) in [6.07, 6.45) is 7.17. The summed E-state index contributed by atoms with van der Waals surface area (Å²) in [5.74, 6) is 0.00544. The molecule has 0 bridgehead atoms. The van der Waals surface area contributed by atoms with Crippen molar-refractivity contribution in [3.8, 4) is 6.07 Å². The lowest BCUT2D eigenvalue weighted by Gasteiger charge is -2.35. The number of likely N-dealkylation sites (N-methyl/N-ethyl adjacent to an activating group) is 1. The number of nitrogens with zero attached hydrogens (tertiary/aromatic N) is 2. The molecule has 1 amide bonds. The zero-order valence-corrected chi connectivity index (χ0v) is 13.2. The van der Waals surface area contributed by atoms with E-state index >= 15 is 0 Å². The molecule has 0 aromatic heterocycles. The minimum Gasteiger partial charge on any atom is -0.337 e. The third kappa shape index (κ3) is 4.42. The monoisotopic (exact) mass is 292 g/mol. The number of piperidine rings is 1. The number of amides is 1. The number of carbonyl (C=O) groups is 1. The second kappa shape index (κ2) is 7.77. The van der Waals surface area contributed by atoms with Crippen LogP contribution >= 0.6 is 0 Å². The van der Waals surface area contributed by atoms with Gasteiger partial charge in [0.25, 0.3) is 0 Å². The second-order valence-electron chi connectivity index (χ2n) is 6.37. The van der Waals surface area contributed by atoms with Crippen molar-refractivity contribution < 1.29 is 4.79 Å². The first-order valence-corrected chi connectivity index (χ1v) is 8.36. The molecule has 0 spiro atoms. The van der Waals surface area contributed by atoms with Gasteiger partial charge in [-0.05, 0) is 38.8 Å². The molecule has 1 aliphatic carbocycles. The van der Waals surface area contributed by atoms with E-state index in [1.807, 2.05) is 0 Å². The highest BCUT2D eigenvalue weighted by molar-refractivity contribution is 5.79. The van der Waals surface area contributed by atoms with Crippen molar-refractivity contribution in [3.63, 3.8) is 0 Å². The Labute approximate surface area is 128 Å². The molecule has 1 saturated heterocycles. The molecule has 1 unspecified atom stereocenters. The molecule has 1 heterocycles. The average Bonchev–Trinajstić information content (AvgIpc) is 2.54. The second-order valence-corrected chi connectivity index (χ2v) is 6.37. The number of rotatable bonds is 5. The number of carbonyl (C=O) groups excluding carboxylic acids is 1. The molecule has 5 nitrogen and oxygen atoms in total. The van der Waals surface area contributed by atoms with Crippen LogP contribution in [-0.2, 0) is 4.79 Å². The average molecular weight is 292 g/mol. The summed E-state index contributed by atoms with van der Waals surface area (Å²) in [5.41, 5.74) is -0.612. The van der Waals surface area contributed by atoms with E-state index in [1.54, 1.807) is 0 Å². The molecular formula is C16H28N4O. The number of hydrogen-bond donors (Lipinski definition) is 2. The Morgan fingerprint density at radius 3 is 2.71 bits per heavy atom. The molecule has 0 aromatic carbocycles. The first kappa shape index (κ1) is 16.3. The number of hydrogen-bond acceptors (Lipinski definition) is 4. The summed E-state index contributed by atoms with van der Waals surface area (Å²) in [7, 11) is 0. The number of nitriles is 1. The smallest absolute Gasteiger partial charge is 0.235 e. The highest BCUT2D eigenvalue weighted by Gasteiger charge is 2.34. The summed E-state index contributed by atoms with van der Waals surface area (Å²) in [5, 5.41) is 15.9.